The van der Waals surface area contributed by atoms with Gasteiger partial charge in [0.05, 0.1) is 5.52 Å². The number of nitrogens with two attached hydrogens (primary N) is 1. The van der Waals surface area contributed by atoms with Gasteiger partial charge >= 0.3 is 0 Å². The molecule has 106 valence electrons. The summed E-state index contributed by atoms with van der Waals surface area (Å²) in [5.41, 5.74) is 10.4. The van der Waals surface area contributed by atoms with Crippen molar-refractivity contribution in [2.75, 3.05) is 0 Å². The molecular weight excluding hydrogens is 263 g/mol. The molecule has 2 nitrogen and oxygen atoms in total. The Morgan fingerprint density at radius 1 is 1.14 bits per heavy atom. The normalized spacial score (nSPS) is 12.5. The first-order valence-corrected chi connectivity index (χ1v) is 6.99. The number of nitrogens with zero attached hydrogens (tertiary/aromatic N) is 1. The number of aryl methyl sites for hydroxylation is 1. The topological polar surface area (TPSA) is 38.9 Å². The highest BCUT2D eigenvalue weighted by Gasteiger charge is 2.12. The van der Waals surface area contributed by atoms with Crippen molar-refractivity contribution in [3.63, 3.8) is 0 Å². The van der Waals surface area contributed by atoms with E-state index < -0.39 is 0 Å². The summed E-state index contributed by atoms with van der Waals surface area (Å²) in [5.74, 6) is -0.209. The minimum Gasteiger partial charge on any atom is -0.324 e. The van der Waals surface area contributed by atoms with E-state index in [-0.39, 0.29) is 11.9 Å². The van der Waals surface area contributed by atoms with Crippen LogP contribution < -0.4 is 5.73 Å². The molecule has 21 heavy (non-hydrogen) atoms. The van der Waals surface area contributed by atoms with Gasteiger partial charge in [-0.15, -0.1) is 0 Å². The summed E-state index contributed by atoms with van der Waals surface area (Å²) in [4.78, 5) is 4.36. The third-order valence-electron chi connectivity index (χ3n) is 3.82. The van der Waals surface area contributed by atoms with Crippen molar-refractivity contribution in [1.29, 1.82) is 0 Å². The first-order valence-electron chi connectivity index (χ1n) is 6.99. The molecule has 2 aromatic carbocycles. The number of halogens is 1. The van der Waals surface area contributed by atoms with Gasteiger partial charge in [-0.05, 0) is 54.3 Å². The molecular formula is C18H17FN2. The van der Waals surface area contributed by atoms with E-state index in [1.54, 1.807) is 12.3 Å². The Morgan fingerprint density at radius 2 is 2.00 bits per heavy atom. The van der Waals surface area contributed by atoms with Crippen LogP contribution in [0.2, 0.25) is 0 Å². The molecule has 0 radical (unpaired) electrons. The average Bonchev–Trinajstić information content (AvgIpc) is 2.49. The molecule has 0 saturated carbocycles. The Hall–Kier alpha value is -2.26. The molecule has 3 rings (SSSR count). The minimum absolute atomic E-state index is 0.137. The summed E-state index contributed by atoms with van der Waals surface area (Å²) >= 11 is 0. The van der Waals surface area contributed by atoms with Crippen LogP contribution in [0.5, 0.6) is 0 Å². The summed E-state index contributed by atoms with van der Waals surface area (Å²) < 4.78 is 13.2. The quantitative estimate of drug-likeness (QED) is 0.789. The highest BCUT2D eigenvalue weighted by atomic mass is 19.1. The summed E-state index contributed by atoms with van der Waals surface area (Å²) in [6.07, 6.45) is 2.46. The Kier molecular flexibility index (Phi) is 3.67. The van der Waals surface area contributed by atoms with Crippen LogP contribution >= 0.6 is 0 Å². The van der Waals surface area contributed by atoms with E-state index in [9.17, 15) is 4.39 Å². The van der Waals surface area contributed by atoms with Crippen molar-refractivity contribution >= 4 is 10.9 Å². The van der Waals surface area contributed by atoms with Crippen LogP contribution in [0.3, 0.4) is 0 Å². The van der Waals surface area contributed by atoms with Crippen LogP contribution in [0.1, 0.15) is 22.7 Å². The first-order chi connectivity index (χ1) is 10.1. The van der Waals surface area contributed by atoms with Crippen molar-refractivity contribution in [3.8, 4) is 0 Å². The standard InChI is InChI=1S/C18H17FN2/c1-12-10-14(19)8-7-13(12)11-17(20)15-4-2-6-18-16(15)5-3-9-21-18/h2-10,17H,11,20H2,1H3. The summed E-state index contributed by atoms with van der Waals surface area (Å²) in [5, 5.41) is 1.08. The van der Waals surface area contributed by atoms with E-state index >= 15 is 0 Å². The molecule has 3 aromatic rings. The van der Waals surface area contributed by atoms with E-state index in [0.29, 0.717) is 6.42 Å². The Labute approximate surface area is 123 Å². The lowest BCUT2D eigenvalue weighted by molar-refractivity contribution is 0.624. The number of aromatic nitrogens is 1. The van der Waals surface area contributed by atoms with Gasteiger partial charge < -0.3 is 5.73 Å². The zero-order chi connectivity index (χ0) is 14.8. The van der Waals surface area contributed by atoms with Crippen molar-refractivity contribution < 1.29 is 4.39 Å². The van der Waals surface area contributed by atoms with Gasteiger partial charge in [-0.25, -0.2) is 4.39 Å². The van der Waals surface area contributed by atoms with E-state index in [1.807, 2.05) is 43.3 Å². The van der Waals surface area contributed by atoms with E-state index in [1.165, 1.54) is 6.07 Å². The van der Waals surface area contributed by atoms with Crippen molar-refractivity contribution in [2.24, 2.45) is 5.73 Å². The third-order valence-corrected chi connectivity index (χ3v) is 3.82. The van der Waals surface area contributed by atoms with Crippen molar-refractivity contribution in [3.05, 3.63) is 77.2 Å². The fraction of sp³-hybridized carbons (Fsp3) is 0.167. The fourth-order valence-electron chi connectivity index (χ4n) is 2.69. The highest BCUT2D eigenvalue weighted by Crippen LogP contribution is 2.25. The van der Waals surface area contributed by atoms with Gasteiger partial charge in [0.1, 0.15) is 5.82 Å². The monoisotopic (exact) mass is 280 g/mol. The Balaban J connectivity index is 1.95. The van der Waals surface area contributed by atoms with Crippen LogP contribution in [-0.2, 0) is 6.42 Å². The van der Waals surface area contributed by atoms with Crippen LogP contribution in [0.4, 0.5) is 4.39 Å². The van der Waals surface area contributed by atoms with Crippen molar-refractivity contribution in [2.45, 2.75) is 19.4 Å². The van der Waals surface area contributed by atoms with Crippen LogP contribution in [0, 0.1) is 12.7 Å². The lowest BCUT2D eigenvalue weighted by Crippen LogP contribution is -2.14. The van der Waals surface area contributed by atoms with Crippen LogP contribution in [-0.4, -0.2) is 4.98 Å². The zero-order valence-electron chi connectivity index (χ0n) is 11.9. The van der Waals surface area contributed by atoms with E-state index in [4.69, 9.17) is 5.73 Å². The number of pyridine rings is 1. The smallest absolute Gasteiger partial charge is 0.123 e. The van der Waals surface area contributed by atoms with Crippen molar-refractivity contribution in [1.82, 2.24) is 4.98 Å². The lowest BCUT2D eigenvalue weighted by atomic mass is 9.94. The van der Waals surface area contributed by atoms with Crippen LogP contribution in [0.25, 0.3) is 10.9 Å². The molecule has 0 fully saturated rings. The molecule has 0 saturated heterocycles. The second kappa shape index (κ2) is 5.62. The summed E-state index contributed by atoms with van der Waals surface area (Å²) in [7, 11) is 0. The Bertz CT molecular complexity index is 778. The average molecular weight is 280 g/mol. The van der Waals surface area contributed by atoms with Gasteiger partial charge in [-0.3, -0.25) is 4.98 Å². The fourth-order valence-corrected chi connectivity index (χ4v) is 2.69. The van der Waals surface area contributed by atoms with Gasteiger partial charge in [0.2, 0.25) is 0 Å². The number of fused-ring (bicyclic) bond motifs is 1. The number of hydrogen-bond acceptors (Lipinski definition) is 2. The van der Waals surface area contributed by atoms with Gasteiger partial charge in [0, 0.05) is 17.6 Å². The minimum atomic E-state index is -0.209. The molecule has 3 heteroatoms. The second-order valence-corrected chi connectivity index (χ2v) is 5.30. The second-order valence-electron chi connectivity index (χ2n) is 5.30. The molecule has 0 aliphatic carbocycles. The molecule has 0 aliphatic rings. The maximum absolute atomic E-state index is 13.2. The van der Waals surface area contributed by atoms with Gasteiger partial charge in [0.15, 0.2) is 0 Å². The molecule has 0 spiro atoms. The number of benzene rings is 2. The molecule has 1 aromatic heterocycles. The largest absolute Gasteiger partial charge is 0.324 e. The molecule has 1 atom stereocenters. The molecule has 1 heterocycles. The number of hydrogen-bond donors (Lipinski definition) is 1. The third kappa shape index (κ3) is 2.78. The predicted molar refractivity (Wildman–Crippen MR) is 83.5 cm³/mol. The zero-order valence-corrected chi connectivity index (χ0v) is 11.9. The SMILES string of the molecule is Cc1cc(F)ccc1CC(N)c1cccc2ncccc12. The van der Waals surface area contributed by atoms with Crippen LogP contribution in [0.15, 0.2) is 54.7 Å². The maximum Gasteiger partial charge on any atom is 0.123 e. The van der Waals surface area contributed by atoms with Gasteiger partial charge in [-0.2, -0.15) is 0 Å². The van der Waals surface area contributed by atoms with Gasteiger partial charge in [0.25, 0.3) is 0 Å². The highest BCUT2D eigenvalue weighted by molar-refractivity contribution is 5.82. The molecule has 1 unspecified atom stereocenters. The lowest BCUT2D eigenvalue weighted by Gasteiger charge is -2.16. The number of rotatable bonds is 3. The van der Waals surface area contributed by atoms with E-state index in [2.05, 4.69) is 4.98 Å². The molecule has 0 aliphatic heterocycles. The Morgan fingerprint density at radius 3 is 2.81 bits per heavy atom. The van der Waals surface area contributed by atoms with Gasteiger partial charge in [-0.1, -0.05) is 24.3 Å². The molecule has 0 bridgehead atoms. The first kappa shape index (κ1) is 13.7. The predicted octanol–water partition coefficient (Wildman–Crippen LogP) is 3.92. The summed E-state index contributed by atoms with van der Waals surface area (Å²) in [6, 6.07) is 14.7. The van der Waals surface area contributed by atoms with E-state index in [0.717, 1.165) is 27.6 Å². The molecule has 0 amide bonds. The molecule has 2 N–H and O–H groups in total. The summed E-state index contributed by atoms with van der Waals surface area (Å²) in [6.45, 7) is 1.91. The maximum atomic E-state index is 13.2.